The van der Waals surface area contributed by atoms with E-state index in [2.05, 4.69) is 22.9 Å². The lowest BCUT2D eigenvalue weighted by atomic mass is 9.94. The SMILES string of the molecule is CCCCCCC1C(=O)N(C(=O)CC(C)C)c2cc(Br)ccc21. The third-order valence-electron chi connectivity index (χ3n) is 4.31. The number of imide groups is 1. The molecular weight excluding hydrogens is 354 g/mol. The molecule has 0 radical (unpaired) electrons. The van der Waals surface area contributed by atoms with Crippen molar-refractivity contribution in [3.63, 3.8) is 0 Å². The molecular formula is C19H26BrNO2. The van der Waals surface area contributed by atoms with Gasteiger partial charge in [0.15, 0.2) is 0 Å². The van der Waals surface area contributed by atoms with Gasteiger partial charge in [-0.3, -0.25) is 9.59 Å². The number of hydrogen-bond acceptors (Lipinski definition) is 2. The number of fused-ring (bicyclic) bond motifs is 1. The zero-order chi connectivity index (χ0) is 17.0. The van der Waals surface area contributed by atoms with Gasteiger partial charge in [0.25, 0.3) is 0 Å². The Balaban J connectivity index is 2.23. The van der Waals surface area contributed by atoms with E-state index in [-0.39, 0.29) is 23.7 Å². The second-order valence-electron chi connectivity index (χ2n) is 6.77. The normalized spacial score (nSPS) is 17.0. The van der Waals surface area contributed by atoms with Crippen molar-refractivity contribution in [2.24, 2.45) is 5.92 Å². The van der Waals surface area contributed by atoms with E-state index in [1.165, 1.54) is 17.7 Å². The number of carbonyl (C=O) groups is 2. The number of hydrogen-bond donors (Lipinski definition) is 0. The van der Waals surface area contributed by atoms with Gasteiger partial charge < -0.3 is 0 Å². The molecule has 2 amide bonds. The van der Waals surface area contributed by atoms with Gasteiger partial charge in [-0.05, 0) is 30.0 Å². The van der Waals surface area contributed by atoms with E-state index in [9.17, 15) is 9.59 Å². The van der Waals surface area contributed by atoms with Gasteiger partial charge in [0.2, 0.25) is 11.8 Å². The molecule has 0 spiro atoms. The summed E-state index contributed by atoms with van der Waals surface area (Å²) in [4.78, 5) is 26.8. The number of halogens is 1. The number of anilines is 1. The molecule has 1 aliphatic rings. The average molecular weight is 380 g/mol. The summed E-state index contributed by atoms with van der Waals surface area (Å²) in [5.41, 5.74) is 1.78. The fraction of sp³-hybridized carbons (Fsp3) is 0.579. The minimum absolute atomic E-state index is 0.0414. The smallest absolute Gasteiger partial charge is 0.241 e. The van der Waals surface area contributed by atoms with Crippen LogP contribution >= 0.6 is 15.9 Å². The predicted octanol–water partition coefficient (Wildman–Crippen LogP) is 5.42. The van der Waals surface area contributed by atoms with Gasteiger partial charge in [0.05, 0.1) is 11.6 Å². The van der Waals surface area contributed by atoms with Crippen molar-refractivity contribution >= 4 is 33.4 Å². The Hall–Kier alpha value is -1.16. The molecule has 1 unspecified atom stereocenters. The molecule has 0 saturated carbocycles. The number of rotatable bonds is 7. The van der Waals surface area contributed by atoms with Crippen LogP contribution in [-0.2, 0) is 9.59 Å². The maximum Gasteiger partial charge on any atom is 0.241 e. The molecule has 0 aromatic heterocycles. The van der Waals surface area contributed by atoms with E-state index in [1.807, 2.05) is 32.0 Å². The van der Waals surface area contributed by atoms with E-state index in [4.69, 9.17) is 0 Å². The van der Waals surface area contributed by atoms with E-state index in [0.717, 1.165) is 35.0 Å². The minimum atomic E-state index is -0.161. The topological polar surface area (TPSA) is 37.4 Å². The molecule has 1 heterocycles. The third kappa shape index (κ3) is 4.23. The Bertz CT molecular complexity index is 583. The van der Waals surface area contributed by atoms with Gasteiger partial charge in [-0.1, -0.05) is 68.5 Å². The van der Waals surface area contributed by atoms with Gasteiger partial charge in [-0.15, -0.1) is 0 Å². The van der Waals surface area contributed by atoms with Gasteiger partial charge in [-0.2, -0.15) is 0 Å². The highest BCUT2D eigenvalue weighted by molar-refractivity contribution is 9.10. The molecule has 0 bridgehead atoms. The molecule has 0 N–H and O–H groups in total. The lowest BCUT2D eigenvalue weighted by Crippen LogP contribution is -2.35. The summed E-state index contributed by atoms with van der Waals surface area (Å²) < 4.78 is 0.901. The lowest BCUT2D eigenvalue weighted by molar-refractivity contribution is -0.127. The molecule has 2 rings (SSSR count). The molecule has 3 nitrogen and oxygen atoms in total. The van der Waals surface area contributed by atoms with Crippen LogP contribution in [0.15, 0.2) is 22.7 Å². The van der Waals surface area contributed by atoms with E-state index in [1.54, 1.807) is 0 Å². The Morgan fingerprint density at radius 3 is 2.65 bits per heavy atom. The maximum atomic E-state index is 12.9. The molecule has 1 aromatic rings. The maximum absolute atomic E-state index is 12.9. The number of amides is 2. The third-order valence-corrected chi connectivity index (χ3v) is 4.80. The molecule has 126 valence electrons. The predicted molar refractivity (Wildman–Crippen MR) is 97.6 cm³/mol. The largest absolute Gasteiger partial charge is 0.274 e. The molecule has 1 aliphatic heterocycles. The van der Waals surface area contributed by atoms with Crippen LogP contribution in [0.1, 0.15) is 70.8 Å². The van der Waals surface area contributed by atoms with Crippen molar-refractivity contribution in [2.45, 2.75) is 65.2 Å². The van der Waals surface area contributed by atoms with Crippen LogP contribution in [-0.4, -0.2) is 11.8 Å². The summed E-state index contributed by atoms with van der Waals surface area (Å²) >= 11 is 3.46. The van der Waals surface area contributed by atoms with Crippen LogP contribution in [0.5, 0.6) is 0 Å². The van der Waals surface area contributed by atoms with Crippen LogP contribution in [0, 0.1) is 5.92 Å². The fourth-order valence-electron chi connectivity index (χ4n) is 3.16. The van der Waals surface area contributed by atoms with Gasteiger partial charge in [0, 0.05) is 10.9 Å². The monoisotopic (exact) mass is 379 g/mol. The molecule has 0 fully saturated rings. The first-order valence-electron chi connectivity index (χ1n) is 8.62. The van der Waals surface area contributed by atoms with Crippen LogP contribution in [0.4, 0.5) is 5.69 Å². The van der Waals surface area contributed by atoms with Crippen molar-refractivity contribution in [3.05, 3.63) is 28.2 Å². The highest BCUT2D eigenvalue weighted by Gasteiger charge is 2.40. The number of carbonyl (C=O) groups excluding carboxylic acids is 2. The summed E-state index contributed by atoms with van der Waals surface area (Å²) in [7, 11) is 0. The standard InChI is InChI=1S/C19H26BrNO2/c1-4-5-6-7-8-16-15-10-9-14(20)12-17(15)21(19(16)23)18(22)11-13(2)3/h9-10,12-13,16H,4-8,11H2,1-3H3. The van der Waals surface area contributed by atoms with Gasteiger partial charge >= 0.3 is 0 Å². The molecule has 23 heavy (non-hydrogen) atoms. The molecule has 4 heteroatoms. The zero-order valence-electron chi connectivity index (χ0n) is 14.3. The highest BCUT2D eigenvalue weighted by Crippen LogP contribution is 2.42. The summed E-state index contributed by atoms with van der Waals surface area (Å²) in [6.07, 6.45) is 5.79. The van der Waals surface area contributed by atoms with E-state index >= 15 is 0 Å². The van der Waals surface area contributed by atoms with Crippen LogP contribution in [0.3, 0.4) is 0 Å². The number of nitrogens with zero attached hydrogens (tertiary/aromatic N) is 1. The molecule has 0 saturated heterocycles. The summed E-state index contributed by atoms with van der Waals surface area (Å²) in [6.45, 7) is 6.19. The second-order valence-corrected chi connectivity index (χ2v) is 7.69. The van der Waals surface area contributed by atoms with Crippen LogP contribution in [0.2, 0.25) is 0 Å². The second kappa shape index (κ2) is 8.09. The quantitative estimate of drug-likeness (QED) is 0.592. The summed E-state index contributed by atoms with van der Waals surface area (Å²) in [6, 6.07) is 5.85. The first-order valence-corrected chi connectivity index (χ1v) is 9.41. The van der Waals surface area contributed by atoms with E-state index in [0.29, 0.717) is 6.42 Å². The summed E-state index contributed by atoms with van der Waals surface area (Å²) in [5.74, 6) is -0.0405. The average Bonchev–Trinajstić information content (AvgIpc) is 2.74. The Labute approximate surface area is 147 Å². The first-order chi connectivity index (χ1) is 11.0. The van der Waals surface area contributed by atoms with Gasteiger partial charge in [-0.25, -0.2) is 4.90 Å². The molecule has 0 aliphatic carbocycles. The molecule has 1 aromatic carbocycles. The number of benzene rings is 1. The van der Waals surface area contributed by atoms with Gasteiger partial charge in [0.1, 0.15) is 0 Å². The Kier molecular flexibility index (Phi) is 6.40. The number of unbranched alkanes of at least 4 members (excludes halogenated alkanes) is 3. The van der Waals surface area contributed by atoms with Crippen molar-refractivity contribution in [1.82, 2.24) is 0 Å². The minimum Gasteiger partial charge on any atom is -0.274 e. The highest BCUT2D eigenvalue weighted by atomic mass is 79.9. The zero-order valence-corrected chi connectivity index (χ0v) is 15.9. The van der Waals surface area contributed by atoms with Crippen LogP contribution < -0.4 is 4.90 Å². The van der Waals surface area contributed by atoms with E-state index < -0.39 is 0 Å². The van der Waals surface area contributed by atoms with Crippen LogP contribution in [0.25, 0.3) is 0 Å². The van der Waals surface area contributed by atoms with Crippen molar-refractivity contribution in [3.8, 4) is 0 Å². The fourth-order valence-corrected chi connectivity index (χ4v) is 3.51. The first kappa shape index (κ1) is 18.2. The van der Waals surface area contributed by atoms with Crippen molar-refractivity contribution < 1.29 is 9.59 Å². The summed E-state index contributed by atoms with van der Waals surface area (Å²) in [5, 5.41) is 0. The van der Waals surface area contributed by atoms with Crippen molar-refractivity contribution in [2.75, 3.05) is 4.90 Å². The lowest BCUT2D eigenvalue weighted by Gasteiger charge is -2.17. The molecule has 1 atom stereocenters. The Morgan fingerprint density at radius 2 is 2.00 bits per heavy atom. The Morgan fingerprint density at radius 1 is 1.26 bits per heavy atom. The van der Waals surface area contributed by atoms with Crippen molar-refractivity contribution in [1.29, 1.82) is 0 Å².